The molecule has 0 radical (unpaired) electrons. The smallest absolute Gasteiger partial charge is 0.383 e. The van der Waals surface area contributed by atoms with Gasteiger partial charge in [0.05, 0.1) is 17.7 Å². The Morgan fingerprint density at radius 1 is 1.50 bits per heavy atom. The molecule has 0 saturated carbocycles. The fourth-order valence-corrected chi connectivity index (χ4v) is 2.51. The van der Waals surface area contributed by atoms with E-state index in [1.165, 1.54) is 0 Å². The SMILES string of the molecule is COCC1(CNC(=O)c2ccc(C(F)(F)F)cn2)CCCN1. The van der Waals surface area contributed by atoms with Crippen molar-refractivity contribution in [3.8, 4) is 0 Å². The zero-order valence-corrected chi connectivity index (χ0v) is 12.2. The maximum atomic E-state index is 12.4. The molecule has 0 aromatic carbocycles. The number of aromatic nitrogens is 1. The van der Waals surface area contributed by atoms with E-state index in [9.17, 15) is 18.0 Å². The van der Waals surface area contributed by atoms with Gasteiger partial charge in [0.2, 0.25) is 0 Å². The van der Waals surface area contributed by atoms with Gasteiger partial charge >= 0.3 is 6.18 Å². The van der Waals surface area contributed by atoms with Crippen LogP contribution < -0.4 is 10.6 Å². The molecule has 1 unspecified atom stereocenters. The van der Waals surface area contributed by atoms with Crippen molar-refractivity contribution < 1.29 is 22.7 Å². The van der Waals surface area contributed by atoms with Crippen molar-refractivity contribution in [1.29, 1.82) is 0 Å². The number of halogens is 3. The molecule has 1 saturated heterocycles. The number of ether oxygens (including phenoxy) is 1. The lowest BCUT2D eigenvalue weighted by atomic mass is 9.98. The Kier molecular flexibility index (Phi) is 5.02. The summed E-state index contributed by atoms with van der Waals surface area (Å²) >= 11 is 0. The Labute approximate surface area is 126 Å². The second kappa shape index (κ2) is 6.62. The summed E-state index contributed by atoms with van der Waals surface area (Å²) in [6, 6.07) is 1.92. The van der Waals surface area contributed by atoms with Crippen LogP contribution in [0.4, 0.5) is 13.2 Å². The standard InChI is InChI=1S/C14H18F3N3O2/c1-22-9-13(5-2-6-20-13)8-19-12(21)11-4-3-10(7-18-11)14(15,16)17/h3-4,7,20H,2,5-6,8-9H2,1H3,(H,19,21). The van der Waals surface area contributed by atoms with Crippen LogP contribution in [0.25, 0.3) is 0 Å². The third-order valence-electron chi connectivity index (χ3n) is 3.66. The number of amides is 1. The Morgan fingerprint density at radius 2 is 2.27 bits per heavy atom. The highest BCUT2D eigenvalue weighted by Crippen LogP contribution is 2.28. The van der Waals surface area contributed by atoms with Crippen LogP contribution >= 0.6 is 0 Å². The first-order valence-corrected chi connectivity index (χ1v) is 6.92. The maximum absolute atomic E-state index is 12.4. The minimum atomic E-state index is -4.46. The lowest BCUT2D eigenvalue weighted by molar-refractivity contribution is -0.137. The number of carbonyl (C=O) groups is 1. The van der Waals surface area contributed by atoms with Gasteiger partial charge in [-0.3, -0.25) is 9.78 Å². The van der Waals surface area contributed by atoms with Gasteiger partial charge in [-0.2, -0.15) is 13.2 Å². The summed E-state index contributed by atoms with van der Waals surface area (Å²) in [4.78, 5) is 15.6. The van der Waals surface area contributed by atoms with Crippen molar-refractivity contribution in [2.24, 2.45) is 0 Å². The predicted molar refractivity (Wildman–Crippen MR) is 73.4 cm³/mol. The molecule has 2 N–H and O–H groups in total. The second-order valence-electron chi connectivity index (χ2n) is 5.36. The van der Waals surface area contributed by atoms with Gasteiger partial charge in [0.25, 0.3) is 5.91 Å². The minimum absolute atomic E-state index is 0.0430. The van der Waals surface area contributed by atoms with Crippen molar-refractivity contribution in [3.05, 3.63) is 29.6 Å². The van der Waals surface area contributed by atoms with Gasteiger partial charge in [0, 0.05) is 19.9 Å². The molecule has 1 aliphatic heterocycles. The first-order chi connectivity index (χ1) is 10.4. The highest BCUT2D eigenvalue weighted by Gasteiger charge is 2.34. The molecule has 2 heterocycles. The van der Waals surface area contributed by atoms with Crippen LogP contribution in [0.15, 0.2) is 18.3 Å². The lowest BCUT2D eigenvalue weighted by Crippen LogP contribution is -2.53. The molecular weight excluding hydrogens is 299 g/mol. The average Bonchev–Trinajstić information content (AvgIpc) is 2.93. The van der Waals surface area contributed by atoms with E-state index in [1.807, 2.05) is 0 Å². The van der Waals surface area contributed by atoms with Crippen LogP contribution in [0, 0.1) is 0 Å². The topological polar surface area (TPSA) is 63.2 Å². The second-order valence-corrected chi connectivity index (χ2v) is 5.36. The van der Waals surface area contributed by atoms with Gasteiger partial charge in [-0.1, -0.05) is 0 Å². The number of nitrogens with one attached hydrogen (secondary N) is 2. The number of rotatable bonds is 5. The van der Waals surface area contributed by atoms with Gasteiger partial charge < -0.3 is 15.4 Å². The quantitative estimate of drug-likeness (QED) is 0.866. The third kappa shape index (κ3) is 3.95. The number of nitrogens with zero attached hydrogens (tertiary/aromatic N) is 1. The van der Waals surface area contributed by atoms with E-state index in [0.717, 1.165) is 31.5 Å². The number of pyridine rings is 1. The summed E-state index contributed by atoms with van der Waals surface area (Å²) in [5.74, 6) is -0.502. The summed E-state index contributed by atoms with van der Waals surface area (Å²) in [6.45, 7) is 1.63. The molecule has 1 atom stereocenters. The van der Waals surface area contributed by atoms with Gasteiger partial charge in [-0.25, -0.2) is 0 Å². The molecule has 22 heavy (non-hydrogen) atoms. The molecule has 0 aliphatic carbocycles. The normalized spacial score (nSPS) is 21.8. The van der Waals surface area contributed by atoms with Crippen molar-refractivity contribution in [2.75, 3.05) is 26.8 Å². The average molecular weight is 317 g/mol. The monoisotopic (exact) mass is 317 g/mol. The molecule has 1 aromatic rings. The molecule has 0 spiro atoms. The summed E-state index contributed by atoms with van der Waals surface area (Å²) in [6.07, 6.45) is -1.95. The number of carbonyl (C=O) groups excluding carboxylic acids is 1. The zero-order valence-electron chi connectivity index (χ0n) is 12.2. The third-order valence-corrected chi connectivity index (χ3v) is 3.66. The van der Waals surface area contributed by atoms with Crippen molar-refractivity contribution in [2.45, 2.75) is 24.6 Å². The maximum Gasteiger partial charge on any atom is 0.417 e. The molecule has 0 bridgehead atoms. The molecule has 1 aliphatic rings. The van der Waals surface area contributed by atoms with Crippen molar-refractivity contribution in [3.63, 3.8) is 0 Å². The minimum Gasteiger partial charge on any atom is -0.383 e. The van der Waals surface area contributed by atoms with E-state index in [1.54, 1.807) is 7.11 Å². The lowest BCUT2D eigenvalue weighted by Gasteiger charge is -2.28. The van der Waals surface area contributed by atoms with Gasteiger partial charge in [0.15, 0.2) is 0 Å². The number of methoxy groups -OCH3 is 1. The molecule has 2 rings (SSSR count). The number of alkyl halides is 3. The molecule has 1 fully saturated rings. The molecule has 5 nitrogen and oxygen atoms in total. The van der Waals surface area contributed by atoms with Crippen LogP contribution in [0.3, 0.4) is 0 Å². The Bertz CT molecular complexity index is 511. The van der Waals surface area contributed by atoms with Crippen LogP contribution in [-0.2, 0) is 10.9 Å². The van der Waals surface area contributed by atoms with Crippen molar-refractivity contribution >= 4 is 5.91 Å². The van der Waals surface area contributed by atoms with E-state index in [2.05, 4.69) is 15.6 Å². The Hall–Kier alpha value is -1.67. The summed E-state index contributed by atoms with van der Waals surface area (Å²) in [7, 11) is 1.58. The molecule has 1 aromatic heterocycles. The van der Waals surface area contributed by atoms with Gasteiger partial charge in [-0.05, 0) is 31.5 Å². The zero-order chi connectivity index (χ0) is 16.2. The molecular formula is C14H18F3N3O2. The largest absolute Gasteiger partial charge is 0.417 e. The first kappa shape index (κ1) is 16.7. The Morgan fingerprint density at radius 3 is 2.77 bits per heavy atom. The summed E-state index contributed by atoms with van der Waals surface area (Å²) in [5, 5.41) is 6.00. The predicted octanol–water partition coefficient (Wildman–Crippen LogP) is 1.60. The van der Waals surface area contributed by atoms with Crippen molar-refractivity contribution in [1.82, 2.24) is 15.6 Å². The summed E-state index contributed by atoms with van der Waals surface area (Å²) in [5.41, 5.74) is -1.24. The van der Waals surface area contributed by atoms with Crippen LogP contribution in [0.5, 0.6) is 0 Å². The molecule has 1 amide bonds. The van der Waals surface area contributed by atoms with Gasteiger partial charge in [-0.15, -0.1) is 0 Å². The fraction of sp³-hybridized carbons (Fsp3) is 0.571. The van der Waals surface area contributed by atoms with Crippen LogP contribution in [0.1, 0.15) is 28.9 Å². The van der Waals surface area contributed by atoms with E-state index < -0.39 is 17.6 Å². The first-order valence-electron chi connectivity index (χ1n) is 6.92. The Balaban J connectivity index is 1.97. The highest BCUT2D eigenvalue weighted by atomic mass is 19.4. The fourth-order valence-electron chi connectivity index (χ4n) is 2.51. The van der Waals surface area contributed by atoms with Gasteiger partial charge in [0.1, 0.15) is 5.69 Å². The highest BCUT2D eigenvalue weighted by molar-refractivity contribution is 5.92. The molecule has 8 heteroatoms. The van der Waals surface area contributed by atoms with E-state index in [0.29, 0.717) is 19.3 Å². The van der Waals surface area contributed by atoms with E-state index in [-0.39, 0.29) is 11.2 Å². The molecule has 122 valence electrons. The summed E-state index contributed by atoms with van der Waals surface area (Å²) < 4.78 is 42.5. The number of hydrogen-bond acceptors (Lipinski definition) is 4. The van der Waals surface area contributed by atoms with E-state index >= 15 is 0 Å². The van der Waals surface area contributed by atoms with Crippen LogP contribution in [-0.4, -0.2) is 43.2 Å². The van der Waals surface area contributed by atoms with E-state index in [4.69, 9.17) is 4.74 Å². The number of hydrogen-bond donors (Lipinski definition) is 2. The van der Waals surface area contributed by atoms with Crippen LogP contribution in [0.2, 0.25) is 0 Å².